The molecule has 0 aliphatic carbocycles. The fourth-order valence-corrected chi connectivity index (χ4v) is 4.35. The molecular formula is C8H18OSSi. The van der Waals surface area contributed by atoms with Crippen molar-refractivity contribution in [3.63, 3.8) is 0 Å². The summed E-state index contributed by atoms with van der Waals surface area (Å²) in [6.07, 6.45) is 5.35. The lowest BCUT2D eigenvalue weighted by Crippen LogP contribution is -2.22. The second-order valence-corrected chi connectivity index (χ2v) is 6.39. The predicted octanol–water partition coefficient (Wildman–Crippen LogP) is 2.23. The summed E-state index contributed by atoms with van der Waals surface area (Å²) < 4.78 is 5.74. The molecule has 0 aromatic heterocycles. The smallest absolute Gasteiger partial charge is 0.176 e. The number of hydrogen-bond acceptors (Lipinski definition) is 2. The van der Waals surface area contributed by atoms with Gasteiger partial charge in [-0.25, -0.2) is 0 Å². The van der Waals surface area contributed by atoms with Gasteiger partial charge in [-0.2, -0.15) is 12.6 Å². The predicted molar refractivity (Wildman–Crippen MR) is 55.0 cm³/mol. The van der Waals surface area contributed by atoms with Crippen molar-refractivity contribution in [2.45, 2.75) is 37.8 Å². The van der Waals surface area contributed by atoms with E-state index in [9.17, 15) is 0 Å². The van der Waals surface area contributed by atoms with Crippen molar-refractivity contribution in [2.75, 3.05) is 12.4 Å². The van der Waals surface area contributed by atoms with Gasteiger partial charge in [0.2, 0.25) is 0 Å². The molecule has 0 bridgehead atoms. The average molecular weight is 190 g/mol. The SMILES string of the molecule is SCCCC[SiH]1CCCCO1. The second-order valence-electron chi connectivity index (χ2n) is 3.21. The maximum Gasteiger partial charge on any atom is 0.176 e. The summed E-state index contributed by atoms with van der Waals surface area (Å²) in [4.78, 5) is 0. The molecule has 1 fully saturated rings. The molecule has 66 valence electrons. The van der Waals surface area contributed by atoms with Crippen molar-refractivity contribution in [3.8, 4) is 0 Å². The van der Waals surface area contributed by atoms with Gasteiger partial charge in [0, 0.05) is 6.61 Å². The average Bonchev–Trinajstić information content (AvgIpc) is 2.07. The molecule has 1 unspecified atom stereocenters. The maximum atomic E-state index is 5.74. The molecule has 0 amide bonds. The summed E-state index contributed by atoms with van der Waals surface area (Å²) in [5.74, 6) is 1.04. The van der Waals surface area contributed by atoms with Crippen LogP contribution < -0.4 is 0 Å². The third-order valence-corrected chi connectivity index (χ3v) is 5.34. The Morgan fingerprint density at radius 1 is 1.27 bits per heavy atom. The lowest BCUT2D eigenvalue weighted by molar-refractivity contribution is 0.286. The summed E-state index contributed by atoms with van der Waals surface area (Å²) in [5.41, 5.74) is 0. The van der Waals surface area contributed by atoms with Crippen LogP contribution in [0, 0.1) is 0 Å². The molecule has 0 saturated carbocycles. The van der Waals surface area contributed by atoms with E-state index >= 15 is 0 Å². The zero-order valence-electron chi connectivity index (χ0n) is 7.09. The minimum Gasteiger partial charge on any atom is -0.420 e. The van der Waals surface area contributed by atoms with Gasteiger partial charge in [0.05, 0.1) is 0 Å². The number of hydrogen-bond donors (Lipinski definition) is 1. The molecule has 1 rings (SSSR count). The lowest BCUT2D eigenvalue weighted by Gasteiger charge is -2.20. The lowest BCUT2D eigenvalue weighted by atomic mass is 10.4. The summed E-state index contributed by atoms with van der Waals surface area (Å²) in [6, 6.07) is 2.81. The fraction of sp³-hybridized carbons (Fsp3) is 1.00. The Hall–Kier alpha value is 0.527. The van der Waals surface area contributed by atoms with Gasteiger partial charge < -0.3 is 4.43 Å². The zero-order valence-corrected chi connectivity index (χ0v) is 9.14. The first-order valence-corrected chi connectivity index (χ1v) is 7.39. The molecule has 0 aromatic carbocycles. The Morgan fingerprint density at radius 3 is 2.82 bits per heavy atom. The summed E-state index contributed by atoms with van der Waals surface area (Å²) in [7, 11) is -0.692. The maximum absolute atomic E-state index is 5.74. The van der Waals surface area contributed by atoms with E-state index in [0.29, 0.717) is 0 Å². The van der Waals surface area contributed by atoms with E-state index in [4.69, 9.17) is 4.43 Å². The van der Waals surface area contributed by atoms with Crippen LogP contribution in [0.1, 0.15) is 25.7 Å². The van der Waals surface area contributed by atoms with Gasteiger partial charge in [-0.3, -0.25) is 0 Å². The monoisotopic (exact) mass is 190 g/mol. The van der Waals surface area contributed by atoms with E-state index in [1.807, 2.05) is 0 Å². The van der Waals surface area contributed by atoms with Crippen LogP contribution in [0.3, 0.4) is 0 Å². The molecule has 11 heavy (non-hydrogen) atoms. The van der Waals surface area contributed by atoms with Crippen molar-refractivity contribution in [1.82, 2.24) is 0 Å². The van der Waals surface area contributed by atoms with Crippen molar-refractivity contribution in [2.24, 2.45) is 0 Å². The summed E-state index contributed by atoms with van der Waals surface area (Å²) in [6.45, 7) is 1.05. The highest BCUT2D eigenvalue weighted by molar-refractivity contribution is 7.80. The Morgan fingerprint density at radius 2 is 2.18 bits per heavy atom. The van der Waals surface area contributed by atoms with E-state index < -0.39 is 9.04 Å². The number of rotatable bonds is 4. The summed E-state index contributed by atoms with van der Waals surface area (Å²) in [5, 5.41) is 0. The van der Waals surface area contributed by atoms with Gasteiger partial charge in [-0.05, 0) is 30.7 Å². The van der Waals surface area contributed by atoms with E-state index in [2.05, 4.69) is 12.6 Å². The first kappa shape index (κ1) is 9.61. The third kappa shape index (κ3) is 4.18. The molecule has 1 aliphatic rings. The Balaban J connectivity index is 1.96. The first-order chi connectivity index (χ1) is 5.43. The highest BCUT2D eigenvalue weighted by Gasteiger charge is 2.14. The van der Waals surface area contributed by atoms with E-state index in [1.165, 1.54) is 37.8 Å². The molecule has 1 heterocycles. The van der Waals surface area contributed by atoms with Crippen LogP contribution >= 0.6 is 12.6 Å². The van der Waals surface area contributed by atoms with Crippen LogP contribution in [0.4, 0.5) is 0 Å². The van der Waals surface area contributed by atoms with Gasteiger partial charge in [0.15, 0.2) is 9.04 Å². The van der Waals surface area contributed by atoms with Crippen LogP contribution in [-0.2, 0) is 4.43 Å². The molecule has 0 spiro atoms. The van der Waals surface area contributed by atoms with Crippen LogP contribution in [-0.4, -0.2) is 21.4 Å². The molecule has 1 aliphatic heterocycles. The minimum absolute atomic E-state index is 0.692. The quantitative estimate of drug-likeness (QED) is 0.406. The Bertz CT molecular complexity index is 94.1. The zero-order chi connectivity index (χ0) is 7.94. The van der Waals surface area contributed by atoms with E-state index in [-0.39, 0.29) is 0 Å². The fourth-order valence-electron chi connectivity index (χ4n) is 1.52. The van der Waals surface area contributed by atoms with Crippen LogP contribution in [0.15, 0.2) is 0 Å². The number of thiol groups is 1. The number of unbranched alkanes of at least 4 members (excludes halogenated alkanes) is 1. The normalized spacial score (nSPS) is 25.4. The molecule has 1 saturated heterocycles. The van der Waals surface area contributed by atoms with E-state index in [0.717, 1.165) is 12.4 Å². The van der Waals surface area contributed by atoms with Gasteiger partial charge >= 0.3 is 0 Å². The van der Waals surface area contributed by atoms with Gasteiger partial charge in [-0.1, -0.05) is 12.8 Å². The van der Waals surface area contributed by atoms with Crippen LogP contribution in [0.25, 0.3) is 0 Å². The Kier molecular flexibility index (Phi) is 5.32. The molecular weight excluding hydrogens is 172 g/mol. The molecule has 0 aromatic rings. The van der Waals surface area contributed by atoms with Crippen molar-refractivity contribution in [1.29, 1.82) is 0 Å². The molecule has 3 heteroatoms. The molecule has 0 radical (unpaired) electrons. The molecule has 1 nitrogen and oxygen atoms in total. The van der Waals surface area contributed by atoms with Gasteiger partial charge in [-0.15, -0.1) is 0 Å². The van der Waals surface area contributed by atoms with Crippen molar-refractivity contribution < 1.29 is 4.43 Å². The van der Waals surface area contributed by atoms with Crippen LogP contribution in [0.2, 0.25) is 12.1 Å². The first-order valence-electron chi connectivity index (χ1n) is 4.66. The van der Waals surface area contributed by atoms with Crippen LogP contribution in [0.5, 0.6) is 0 Å². The standard InChI is InChI=1S/C8H18OSSi/c10-6-2-4-8-11-7-3-1-5-9-11/h10-11H,1-8H2. The van der Waals surface area contributed by atoms with Gasteiger partial charge in [0.25, 0.3) is 0 Å². The van der Waals surface area contributed by atoms with Crippen molar-refractivity contribution >= 4 is 21.7 Å². The Labute approximate surface area is 76.7 Å². The molecule has 0 N–H and O–H groups in total. The third-order valence-electron chi connectivity index (χ3n) is 2.21. The summed E-state index contributed by atoms with van der Waals surface area (Å²) >= 11 is 4.19. The highest BCUT2D eigenvalue weighted by atomic mass is 32.1. The largest absolute Gasteiger partial charge is 0.420 e. The van der Waals surface area contributed by atoms with E-state index in [1.54, 1.807) is 0 Å². The highest BCUT2D eigenvalue weighted by Crippen LogP contribution is 2.16. The van der Waals surface area contributed by atoms with Crippen molar-refractivity contribution in [3.05, 3.63) is 0 Å². The van der Waals surface area contributed by atoms with Gasteiger partial charge in [0.1, 0.15) is 0 Å². The molecule has 1 atom stereocenters. The topological polar surface area (TPSA) is 9.23 Å². The second kappa shape index (κ2) is 6.09. The minimum atomic E-state index is -0.692.